The third-order valence-corrected chi connectivity index (χ3v) is 2.78. The van der Waals surface area contributed by atoms with Crippen LogP contribution in [-0.2, 0) is 13.0 Å². The minimum atomic E-state index is 0.483. The summed E-state index contributed by atoms with van der Waals surface area (Å²) in [7, 11) is 0. The summed E-state index contributed by atoms with van der Waals surface area (Å²) >= 11 is 0. The lowest BCUT2D eigenvalue weighted by molar-refractivity contribution is 0.839. The summed E-state index contributed by atoms with van der Waals surface area (Å²) in [4.78, 5) is 13.4. The van der Waals surface area contributed by atoms with Gasteiger partial charge >= 0.3 is 0 Å². The van der Waals surface area contributed by atoms with E-state index in [1.54, 1.807) is 0 Å². The summed E-state index contributed by atoms with van der Waals surface area (Å²) in [6.45, 7) is 4.58. The Hall–Kier alpha value is -1.81. The molecule has 0 fully saturated rings. The quantitative estimate of drug-likeness (QED) is 0.893. The van der Waals surface area contributed by atoms with Crippen molar-refractivity contribution in [1.82, 2.24) is 15.0 Å². The van der Waals surface area contributed by atoms with Crippen molar-refractivity contribution < 1.29 is 0 Å². The van der Waals surface area contributed by atoms with Gasteiger partial charge in [0, 0.05) is 29.7 Å². The average Bonchev–Trinajstić information content (AvgIpc) is 2.39. The summed E-state index contributed by atoms with van der Waals surface area (Å²) in [6.07, 6.45) is 3.79. The van der Waals surface area contributed by atoms with Crippen LogP contribution in [0.5, 0.6) is 0 Å². The van der Waals surface area contributed by atoms with E-state index in [9.17, 15) is 0 Å². The van der Waals surface area contributed by atoms with Crippen molar-refractivity contribution in [3.05, 3.63) is 41.3 Å². The Morgan fingerprint density at radius 2 is 2.06 bits per heavy atom. The van der Waals surface area contributed by atoms with Gasteiger partial charge in [0.25, 0.3) is 0 Å². The predicted octanol–water partition coefficient (Wildman–Crippen LogP) is 2.26. The van der Waals surface area contributed by atoms with Gasteiger partial charge in [-0.05, 0) is 25.5 Å². The summed E-state index contributed by atoms with van der Waals surface area (Å²) in [6, 6.07) is 5.86. The highest BCUT2D eigenvalue weighted by atomic mass is 14.9. The molecule has 0 aliphatic rings. The van der Waals surface area contributed by atoms with Gasteiger partial charge in [-0.1, -0.05) is 19.4 Å². The predicted molar refractivity (Wildman–Crippen MR) is 71.9 cm³/mol. The molecule has 2 aromatic rings. The van der Waals surface area contributed by atoms with Gasteiger partial charge in [-0.3, -0.25) is 0 Å². The number of rotatable bonds is 4. The Balaban J connectivity index is 2.43. The lowest BCUT2D eigenvalue weighted by Crippen LogP contribution is -2.06. The van der Waals surface area contributed by atoms with Gasteiger partial charge in [-0.25, -0.2) is 15.0 Å². The van der Waals surface area contributed by atoms with Crippen molar-refractivity contribution in [2.45, 2.75) is 33.2 Å². The first-order chi connectivity index (χ1) is 8.74. The van der Waals surface area contributed by atoms with Crippen LogP contribution in [0.4, 0.5) is 0 Å². The fourth-order valence-electron chi connectivity index (χ4n) is 1.86. The normalized spacial score (nSPS) is 10.6. The van der Waals surface area contributed by atoms with Crippen LogP contribution in [0.1, 0.15) is 30.3 Å². The number of nitrogens with two attached hydrogens (primary N) is 1. The Morgan fingerprint density at radius 1 is 1.22 bits per heavy atom. The first-order valence-corrected chi connectivity index (χ1v) is 6.23. The molecule has 18 heavy (non-hydrogen) atoms. The molecular formula is C14H18N4. The van der Waals surface area contributed by atoms with Crippen molar-refractivity contribution in [3.63, 3.8) is 0 Å². The zero-order valence-electron chi connectivity index (χ0n) is 10.8. The summed E-state index contributed by atoms with van der Waals surface area (Å²) < 4.78 is 0. The number of aromatic nitrogens is 3. The van der Waals surface area contributed by atoms with Crippen molar-refractivity contribution in [1.29, 1.82) is 0 Å². The smallest absolute Gasteiger partial charge is 0.178 e. The molecule has 0 bridgehead atoms. The Kier molecular flexibility index (Phi) is 3.99. The number of hydrogen-bond acceptors (Lipinski definition) is 4. The third kappa shape index (κ3) is 2.71. The molecule has 0 atom stereocenters. The van der Waals surface area contributed by atoms with Crippen molar-refractivity contribution in [2.75, 3.05) is 0 Å². The van der Waals surface area contributed by atoms with Gasteiger partial charge in [-0.2, -0.15) is 0 Å². The third-order valence-electron chi connectivity index (χ3n) is 2.78. The van der Waals surface area contributed by atoms with Crippen molar-refractivity contribution >= 4 is 0 Å². The van der Waals surface area contributed by atoms with Crippen LogP contribution in [0, 0.1) is 6.92 Å². The van der Waals surface area contributed by atoms with Crippen LogP contribution < -0.4 is 5.73 Å². The number of aryl methyl sites for hydroxylation is 2. The maximum absolute atomic E-state index is 5.70. The van der Waals surface area contributed by atoms with Gasteiger partial charge in [-0.15, -0.1) is 0 Å². The van der Waals surface area contributed by atoms with E-state index in [0.717, 1.165) is 35.5 Å². The Labute approximate surface area is 107 Å². The molecule has 0 aromatic carbocycles. The minimum Gasteiger partial charge on any atom is -0.326 e. The monoisotopic (exact) mass is 242 g/mol. The summed E-state index contributed by atoms with van der Waals surface area (Å²) in [5.41, 5.74) is 9.54. The van der Waals surface area contributed by atoms with Crippen LogP contribution in [0.2, 0.25) is 0 Å². The van der Waals surface area contributed by atoms with Gasteiger partial charge in [0.1, 0.15) is 5.69 Å². The largest absolute Gasteiger partial charge is 0.326 e. The lowest BCUT2D eigenvalue weighted by atomic mass is 10.1. The summed E-state index contributed by atoms with van der Waals surface area (Å²) in [5, 5.41) is 0. The van der Waals surface area contributed by atoms with Crippen molar-refractivity contribution in [2.24, 2.45) is 5.73 Å². The fraction of sp³-hybridized carbons (Fsp3) is 0.357. The lowest BCUT2D eigenvalue weighted by Gasteiger charge is -2.07. The molecule has 2 rings (SSSR count). The topological polar surface area (TPSA) is 64.7 Å². The highest BCUT2D eigenvalue weighted by Gasteiger charge is 2.08. The van der Waals surface area contributed by atoms with E-state index in [2.05, 4.69) is 21.9 Å². The Bertz CT molecular complexity index is 537. The second-order valence-corrected chi connectivity index (χ2v) is 4.28. The van der Waals surface area contributed by atoms with E-state index in [1.807, 2.05) is 31.3 Å². The number of pyridine rings is 1. The van der Waals surface area contributed by atoms with Crippen LogP contribution >= 0.6 is 0 Å². The minimum absolute atomic E-state index is 0.483. The molecular weight excluding hydrogens is 224 g/mol. The van der Waals surface area contributed by atoms with Gasteiger partial charge < -0.3 is 5.73 Å². The molecule has 0 aliphatic heterocycles. The highest BCUT2D eigenvalue weighted by molar-refractivity contribution is 5.49. The van der Waals surface area contributed by atoms with Crippen LogP contribution in [0.15, 0.2) is 24.4 Å². The highest BCUT2D eigenvalue weighted by Crippen LogP contribution is 2.15. The maximum atomic E-state index is 5.70. The number of nitrogens with zero attached hydrogens (tertiary/aromatic N) is 3. The zero-order valence-corrected chi connectivity index (χ0v) is 10.8. The average molecular weight is 242 g/mol. The van der Waals surface area contributed by atoms with E-state index in [1.165, 1.54) is 0 Å². The van der Waals surface area contributed by atoms with Crippen LogP contribution in [0.3, 0.4) is 0 Å². The molecule has 2 aromatic heterocycles. The molecule has 0 amide bonds. The van der Waals surface area contributed by atoms with E-state index < -0.39 is 0 Å². The van der Waals surface area contributed by atoms with E-state index in [4.69, 9.17) is 5.73 Å². The second kappa shape index (κ2) is 5.69. The first kappa shape index (κ1) is 12.6. The SMILES string of the molecule is CCCc1nc(-c2cccc(C)n2)ncc1CN. The maximum Gasteiger partial charge on any atom is 0.178 e. The van der Waals surface area contributed by atoms with E-state index in [-0.39, 0.29) is 0 Å². The fourth-order valence-corrected chi connectivity index (χ4v) is 1.86. The molecule has 0 unspecified atom stereocenters. The molecule has 0 saturated carbocycles. The molecule has 94 valence electrons. The second-order valence-electron chi connectivity index (χ2n) is 4.28. The molecule has 0 radical (unpaired) electrons. The van der Waals surface area contributed by atoms with E-state index >= 15 is 0 Å². The first-order valence-electron chi connectivity index (χ1n) is 6.23. The number of hydrogen-bond donors (Lipinski definition) is 1. The Morgan fingerprint density at radius 3 is 2.72 bits per heavy atom. The molecule has 2 heterocycles. The van der Waals surface area contributed by atoms with Gasteiger partial charge in [0.2, 0.25) is 0 Å². The molecule has 2 N–H and O–H groups in total. The molecule has 4 heteroatoms. The van der Waals surface area contributed by atoms with Gasteiger partial charge in [0.15, 0.2) is 5.82 Å². The van der Waals surface area contributed by atoms with Crippen LogP contribution in [0.25, 0.3) is 11.5 Å². The molecule has 0 aliphatic carbocycles. The summed E-state index contributed by atoms with van der Waals surface area (Å²) in [5.74, 6) is 0.680. The van der Waals surface area contributed by atoms with E-state index in [0.29, 0.717) is 12.4 Å². The molecule has 4 nitrogen and oxygen atoms in total. The molecule has 0 saturated heterocycles. The molecule has 0 spiro atoms. The van der Waals surface area contributed by atoms with Crippen molar-refractivity contribution in [3.8, 4) is 11.5 Å². The zero-order chi connectivity index (χ0) is 13.0. The standard InChI is InChI=1S/C14H18N4/c1-3-5-12-11(8-15)9-16-14(18-12)13-7-4-6-10(2)17-13/h4,6-7,9H,3,5,8,15H2,1-2H3. The van der Waals surface area contributed by atoms with Crippen LogP contribution in [-0.4, -0.2) is 15.0 Å². The van der Waals surface area contributed by atoms with Gasteiger partial charge in [0.05, 0.1) is 0 Å².